The maximum atomic E-state index is 12.5. The number of amides is 1. The molecule has 1 saturated heterocycles. The van der Waals surface area contributed by atoms with Gasteiger partial charge in [-0.3, -0.25) is 4.79 Å². The van der Waals surface area contributed by atoms with Crippen LogP contribution in [-0.2, 0) is 0 Å². The summed E-state index contributed by atoms with van der Waals surface area (Å²) in [6, 6.07) is 15.5. The van der Waals surface area contributed by atoms with Crippen LogP contribution in [0, 0.1) is 0 Å². The summed E-state index contributed by atoms with van der Waals surface area (Å²) in [7, 11) is 0. The van der Waals surface area contributed by atoms with E-state index >= 15 is 0 Å². The average molecular weight is 318 g/mol. The average Bonchev–Trinajstić information content (AvgIpc) is 3.16. The predicted molar refractivity (Wildman–Crippen MR) is 95.4 cm³/mol. The highest BCUT2D eigenvalue weighted by Gasteiger charge is 2.15. The molecular weight excluding hydrogens is 300 g/mol. The molecule has 1 aliphatic heterocycles. The molecular formula is C19H18N4O. The number of hydrogen-bond donors (Lipinski definition) is 1. The molecule has 5 heteroatoms. The lowest BCUT2D eigenvalue weighted by Crippen LogP contribution is -2.20. The highest BCUT2D eigenvalue weighted by molar-refractivity contribution is 6.06. The van der Waals surface area contributed by atoms with E-state index in [-0.39, 0.29) is 5.91 Å². The van der Waals surface area contributed by atoms with E-state index in [2.05, 4.69) is 20.2 Å². The van der Waals surface area contributed by atoms with Gasteiger partial charge in [-0.2, -0.15) is 0 Å². The van der Waals surface area contributed by atoms with Crippen molar-refractivity contribution in [1.82, 2.24) is 9.97 Å². The predicted octanol–water partition coefficient (Wildman–Crippen LogP) is 3.48. The zero-order valence-corrected chi connectivity index (χ0v) is 13.3. The van der Waals surface area contributed by atoms with Crippen molar-refractivity contribution in [2.45, 2.75) is 12.8 Å². The van der Waals surface area contributed by atoms with Crippen molar-refractivity contribution >= 4 is 28.3 Å². The Labute approximate surface area is 140 Å². The Morgan fingerprint density at radius 1 is 0.958 bits per heavy atom. The molecule has 5 nitrogen and oxygen atoms in total. The molecule has 0 spiro atoms. The molecule has 2 aromatic carbocycles. The molecule has 120 valence electrons. The number of benzene rings is 2. The maximum Gasteiger partial charge on any atom is 0.256 e. The second-order valence-electron chi connectivity index (χ2n) is 5.97. The fourth-order valence-electron chi connectivity index (χ4n) is 3.05. The molecule has 0 bridgehead atoms. The molecule has 3 aromatic rings. The van der Waals surface area contributed by atoms with Gasteiger partial charge < -0.3 is 10.2 Å². The van der Waals surface area contributed by atoms with Gasteiger partial charge in [0.15, 0.2) is 0 Å². The van der Waals surface area contributed by atoms with Crippen LogP contribution in [0.5, 0.6) is 0 Å². The van der Waals surface area contributed by atoms with Gasteiger partial charge >= 0.3 is 0 Å². The van der Waals surface area contributed by atoms with Crippen molar-refractivity contribution < 1.29 is 4.79 Å². The second kappa shape index (κ2) is 6.28. The summed E-state index contributed by atoms with van der Waals surface area (Å²) in [5.41, 5.74) is 0.620. The van der Waals surface area contributed by atoms with Gasteiger partial charge in [-0.15, -0.1) is 0 Å². The molecule has 1 N–H and O–H groups in total. The summed E-state index contributed by atoms with van der Waals surface area (Å²) in [4.78, 5) is 23.2. The van der Waals surface area contributed by atoms with Crippen LogP contribution < -0.4 is 10.2 Å². The van der Waals surface area contributed by atoms with E-state index in [0.29, 0.717) is 11.4 Å². The molecule has 1 amide bonds. The summed E-state index contributed by atoms with van der Waals surface area (Å²) < 4.78 is 0. The zero-order valence-electron chi connectivity index (χ0n) is 13.3. The van der Waals surface area contributed by atoms with Crippen LogP contribution in [0.1, 0.15) is 23.2 Å². The van der Waals surface area contributed by atoms with E-state index in [9.17, 15) is 4.79 Å². The van der Waals surface area contributed by atoms with Gasteiger partial charge in [0.1, 0.15) is 18.0 Å². The van der Waals surface area contributed by atoms with Crippen molar-refractivity contribution in [3.8, 4) is 0 Å². The van der Waals surface area contributed by atoms with Gasteiger partial charge in [0.2, 0.25) is 0 Å². The molecule has 0 aliphatic carbocycles. The number of hydrogen-bond acceptors (Lipinski definition) is 4. The molecule has 0 radical (unpaired) electrons. The number of aromatic nitrogens is 2. The van der Waals surface area contributed by atoms with Crippen LogP contribution in [-0.4, -0.2) is 29.0 Å². The number of carbonyl (C=O) groups excluding carboxylic acids is 1. The number of nitrogens with one attached hydrogen (secondary N) is 1. The van der Waals surface area contributed by atoms with Crippen molar-refractivity contribution in [3.63, 3.8) is 0 Å². The minimum absolute atomic E-state index is 0.160. The summed E-state index contributed by atoms with van der Waals surface area (Å²) in [6.07, 6.45) is 3.87. The first kappa shape index (κ1) is 14.6. The third-order valence-corrected chi connectivity index (χ3v) is 4.34. The molecule has 1 fully saturated rings. The highest BCUT2D eigenvalue weighted by atomic mass is 16.1. The summed E-state index contributed by atoms with van der Waals surface area (Å²) in [5.74, 6) is 1.24. The van der Waals surface area contributed by atoms with E-state index in [4.69, 9.17) is 0 Å². The number of fused-ring (bicyclic) bond motifs is 1. The molecule has 2 heterocycles. The highest BCUT2D eigenvalue weighted by Crippen LogP contribution is 2.20. The smallest absolute Gasteiger partial charge is 0.256 e. The minimum Gasteiger partial charge on any atom is -0.356 e. The van der Waals surface area contributed by atoms with Crippen molar-refractivity contribution in [3.05, 3.63) is 60.4 Å². The van der Waals surface area contributed by atoms with Crippen LogP contribution >= 0.6 is 0 Å². The van der Waals surface area contributed by atoms with Gasteiger partial charge in [-0.1, -0.05) is 30.3 Å². The van der Waals surface area contributed by atoms with Crippen molar-refractivity contribution in [1.29, 1.82) is 0 Å². The van der Waals surface area contributed by atoms with E-state index in [1.807, 2.05) is 48.5 Å². The monoisotopic (exact) mass is 318 g/mol. The molecule has 4 rings (SSSR count). The Morgan fingerprint density at radius 3 is 2.58 bits per heavy atom. The van der Waals surface area contributed by atoms with Crippen LogP contribution in [0.3, 0.4) is 0 Å². The van der Waals surface area contributed by atoms with Crippen molar-refractivity contribution in [2.75, 3.05) is 23.3 Å². The molecule has 1 aromatic heterocycles. The topological polar surface area (TPSA) is 58.1 Å². The summed E-state index contributed by atoms with van der Waals surface area (Å²) in [5, 5.41) is 5.03. The first-order valence-electron chi connectivity index (χ1n) is 8.17. The van der Waals surface area contributed by atoms with E-state index in [1.54, 1.807) is 0 Å². The number of anilines is 2. The lowest BCUT2D eigenvalue weighted by Gasteiger charge is -2.16. The largest absolute Gasteiger partial charge is 0.356 e. The molecule has 0 saturated carbocycles. The molecule has 24 heavy (non-hydrogen) atoms. The fourth-order valence-corrected chi connectivity index (χ4v) is 3.05. The third kappa shape index (κ3) is 2.93. The third-order valence-electron chi connectivity index (χ3n) is 4.34. The lowest BCUT2D eigenvalue weighted by molar-refractivity contribution is 0.102. The van der Waals surface area contributed by atoms with Gasteiger partial charge in [-0.25, -0.2) is 9.97 Å². The first-order valence-corrected chi connectivity index (χ1v) is 8.17. The first-order chi connectivity index (χ1) is 11.8. The zero-order chi connectivity index (χ0) is 16.4. The van der Waals surface area contributed by atoms with Crippen LogP contribution in [0.15, 0.2) is 54.9 Å². The van der Waals surface area contributed by atoms with Crippen molar-refractivity contribution in [2.24, 2.45) is 0 Å². The molecule has 0 atom stereocenters. The van der Waals surface area contributed by atoms with Gasteiger partial charge in [0.25, 0.3) is 5.91 Å². The minimum atomic E-state index is -0.160. The van der Waals surface area contributed by atoms with Gasteiger partial charge in [-0.05, 0) is 35.7 Å². The summed E-state index contributed by atoms with van der Waals surface area (Å²) in [6.45, 7) is 2.02. The Balaban J connectivity index is 1.55. The van der Waals surface area contributed by atoms with Gasteiger partial charge in [0, 0.05) is 24.7 Å². The SMILES string of the molecule is O=C(Nc1cc(N2CCCC2)ncn1)c1ccc2ccccc2c1. The molecule has 0 unspecified atom stereocenters. The van der Waals surface area contributed by atoms with Crippen LogP contribution in [0.25, 0.3) is 10.8 Å². The quantitative estimate of drug-likeness (QED) is 0.803. The second-order valence-corrected chi connectivity index (χ2v) is 5.97. The Kier molecular flexibility index (Phi) is 3.83. The van der Waals surface area contributed by atoms with E-state index < -0.39 is 0 Å². The van der Waals surface area contributed by atoms with Gasteiger partial charge in [0.05, 0.1) is 0 Å². The normalized spacial score (nSPS) is 14.1. The van der Waals surface area contributed by atoms with E-state index in [1.165, 1.54) is 19.2 Å². The molecule has 1 aliphatic rings. The van der Waals surface area contributed by atoms with E-state index in [0.717, 1.165) is 29.7 Å². The number of rotatable bonds is 3. The number of carbonyl (C=O) groups is 1. The Morgan fingerprint density at radius 2 is 1.75 bits per heavy atom. The van der Waals surface area contributed by atoms with Crippen LogP contribution in [0.2, 0.25) is 0 Å². The van der Waals surface area contributed by atoms with Crippen LogP contribution in [0.4, 0.5) is 11.6 Å². The fraction of sp³-hybridized carbons (Fsp3) is 0.211. The lowest BCUT2D eigenvalue weighted by atomic mass is 10.1. The Hall–Kier alpha value is -2.95. The Bertz CT molecular complexity index is 887. The maximum absolute atomic E-state index is 12.5. The standard InChI is InChI=1S/C19H18N4O/c24-19(16-8-7-14-5-1-2-6-15(14)11-16)22-17-12-18(21-13-20-17)23-9-3-4-10-23/h1-2,5-8,11-13H,3-4,9-10H2,(H,20,21,22,24). The number of nitrogens with zero attached hydrogens (tertiary/aromatic N) is 3. The summed E-state index contributed by atoms with van der Waals surface area (Å²) >= 11 is 0.